The Hall–Kier alpha value is -0.620. The van der Waals surface area contributed by atoms with Crippen molar-refractivity contribution < 1.29 is 8.42 Å². The number of sulfone groups is 1. The molecule has 6 heteroatoms. The van der Waals surface area contributed by atoms with Crippen LogP contribution in [0.15, 0.2) is 6.20 Å². The van der Waals surface area contributed by atoms with E-state index in [-0.39, 0.29) is 5.75 Å². The average Bonchev–Trinajstić information content (AvgIpc) is 2.12. The summed E-state index contributed by atoms with van der Waals surface area (Å²) < 4.78 is 25.3. The second kappa shape index (κ2) is 2.78. The van der Waals surface area contributed by atoms with E-state index in [0.717, 1.165) is 11.5 Å². The van der Waals surface area contributed by atoms with Crippen molar-refractivity contribution >= 4 is 27.1 Å². The Balaban J connectivity index is 2.89. The molecule has 0 aliphatic heterocycles. The van der Waals surface area contributed by atoms with Crippen LogP contribution in [0.25, 0.3) is 0 Å². The van der Waals surface area contributed by atoms with Crippen molar-refractivity contribution in [2.24, 2.45) is 0 Å². The molecular weight excluding hydrogens is 184 g/mol. The zero-order chi connectivity index (χ0) is 8.48. The van der Waals surface area contributed by atoms with Gasteiger partial charge in [-0.25, -0.2) is 8.42 Å². The molecule has 0 amide bonds. The first-order chi connectivity index (χ1) is 4.99. The number of nitrogen functional groups attached to an aromatic ring is 1. The van der Waals surface area contributed by atoms with Crippen molar-refractivity contribution in [3.8, 4) is 0 Å². The normalized spacial score (nSPS) is 11.7. The molecule has 0 spiro atoms. The summed E-state index contributed by atoms with van der Waals surface area (Å²) in [6.07, 6.45) is 2.64. The maximum Gasteiger partial charge on any atom is 0.152 e. The molecule has 1 rings (SSSR count). The highest BCUT2D eigenvalue weighted by Crippen LogP contribution is 2.17. The van der Waals surface area contributed by atoms with Gasteiger partial charge in [0.25, 0.3) is 0 Å². The van der Waals surface area contributed by atoms with E-state index < -0.39 is 9.84 Å². The Morgan fingerprint density at radius 2 is 2.36 bits per heavy atom. The van der Waals surface area contributed by atoms with Gasteiger partial charge in [0.2, 0.25) is 0 Å². The monoisotopic (exact) mass is 192 g/mol. The SMILES string of the molecule is CS(=O)(=O)Cc1sncc1N. The second-order valence-electron chi connectivity index (χ2n) is 2.27. The van der Waals surface area contributed by atoms with Gasteiger partial charge in [-0.15, -0.1) is 0 Å². The van der Waals surface area contributed by atoms with Gasteiger partial charge in [-0.1, -0.05) is 0 Å². The largest absolute Gasteiger partial charge is 0.396 e. The van der Waals surface area contributed by atoms with E-state index >= 15 is 0 Å². The summed E-state index contributed by atoms with van der Waals surface area (Å²) in [6, 6.07) is 0. The summed E-state index contributed by atoms with van der Waals surface area (Å²) in [5.74, 6) is -0.0104. The first kappa shape index (κ1) is 8.48. The summed E-state index contributed by atoms with van der Waals surface area (Å²) in [5.41, 5.74) is 5.89. The summed E-state index contributed by atoms with van der Waals surface area (Å²) >= 11 is 1.12. The lowest BCUT2D eigenvalue weighted by atomic mass is 10.5. The lowest BCUT2D eigenvalue weighted by Crippen LogP contribution is -2.00. The molecule has 0 unspecified atom stereocenters. The van der Waals surface area contributed by atoms with E-state index in [4.69, 9.17) is 5.73 Å². The summed E-state index contributed by atoms with van der Waals surface area (Å²) in [5, 5.41) is 0. The number of hydrogen-bond donors (Lipinski definition) is 1. The molecule has 0 bridgehead atoms. The van der Waals surface area contributed by atoms with E-state index in [0.29, 0.717) is 10.6 Å². The van der Waals surface area contributed by atoms with Crippen LogP contribution in [0.3, 0.4) is 0 Å². The number of nitrogens with zero attached hydrogens (tertiary/aromatic N) is 1. The summed E-state index contributed by atoms with van der Waals surface area (Å²) in [7, 11) is -2.98. The third kappa shape index (κ3) is 2.47. The van der Waals surface area contributed by atoms with Crippen LogP contribution in [0.1, 0.15) is 4.88 Å². The van der Waals surface area contributed by atoms with Gasteiger partial charge in [0, 0.05) is 6.26 Å². The predicted molar refractivity (Wildman–Crippen MR) is 45.1 cm³/mol. The number of nitrogens with two attached hydrogens (primary N) is 1. The maximum atomic E-state index is 10.8. The Bertz CT molecular complexity index is 341. The van der Waals surface area contributed by atoms with E-state index in [9.17, 15) is 8.42 Å². The Morgan fingerprint density at radius 3 is 2.73 bits per heavy atom. The van der Waals surface area contributed by atoms with Crippen molar-refractivity contribution in [2.75, 3.05) is 12.0 Å². The van der Waals surface area contributed by atoms with Crippen LogP contribution in [0, 0.1) is 0 Å². The number of rotatable bonds is 2. The van der Waals surface area contributed by atoms with Gasteiger partial charge < -0.3 is 5.73 Å². The quantitative estimate of drug-likeness (QED) is 0.730. The molecule has 0 saturated carbocycles. The molecule has 4 nitrogen and oxygen atoms in total. The van der Waals surface area contributed by atoms with Crippen LogP contribution in [0.4, 0.5) is 5.69 Å². The third-order valence-corrected chi connectivity index (χ3v) is 2.88. The van der Waals surface area contributed by atoms with E-state index in [1.807, 2.05) is 0 Å². The molecule has 0 fully saturated rings. The van der Waals surface area contributed by atoms with E-state index in [2.05, 4.69) is 4.37 Å². The molecule has 1 aromatic heterocycles. The second-order valence-corrected chi connectivity index (χ2v) is 5.30. The van der Waals surface area contributed by atoms with Gasteiger partial charge >= 0.3 is 0 Å². The van der Waals surface area contributed by atoms with Gasteiger partial charge in [0.15, 0.2) is 9.84 Å². The zero-order valence-electron chi connectivity index (χ0n) is 5.94. The van der Waals surface area contributed by atoms with Crippen LogP contribution in [0.2, 0.25) is 0 Å². The molecule has 0 saturated heterocycles. The summed E-state index contributed by atoms with van der Waals surface area (Å²) in [4.78, 5) is 0.618. The maximum absolute atomic E-state index is 10.8. The minimum absolute atomic E-state index is 0.0104. The predicted octanol–water partition coefficient (Wildman–Crippen LogP) is 0.270. The molecule has 62 valence electrons. The average molecular weight is 192 g/mol. The number of hydrogen-bond acceptors (Lipinski definition) is 5. The lowest BCUT2D eigenvalue weighted by molar-refractivity contribution is 0.601. The molecule has 0 aliphatic rings. The van der Waals surface area contributed by atoms with Crippen molar-refractivity contribution in [1.82, 2.24) is 4.37 Å². The van der Waals surface area contributed by atoms with Crippen molar-refractivity contribution in [3.05, 3.63) is 11.1 Å². The molecule has 2 N–H and O–H groups in total. The molecular formula is C5H8N2O2S2. The van der Waals surface area contributed by atoms with Gasteiger partial charge in [0.05, 0.1) is 22.5 Å². The standard InChI is InChI=1S/C5H8N2O2S2/c1-11(8,9)3-5-4(6)2-7-10-5/h2H,3,6H2,1H3. The topological polar surface area (TPSA) is 73.0 Å². The molecule has 0 aliphatic carbocycles. The van der Waals surface area contributed by atoms with Crippen LogP contribution in [0.5, 0.6) is 0 Å². The number of anilines is 1. The molecule has 1 heterocycles. The third-order valence-electron chi connectivity index (χ3n) is 1.07. The minimum atomic E-state index is -2.98. The molecule has 0 atom stereocenters. The minimum Gasteiger partial charge on any atom is -0.396 e. The molecule has 0 radical (unpaired) electrons. The fourth-order valence-electron chi connectivity index (χ4n) is 0.619. The van der Waals surface area contributed by atoms with Crippen LogP contribution >= 0.6 is 11.5 Å². The van der Waals surface area contributed by atoms with Crippen molar-refractivity contribution in [1.29, 1.82) is 0 Å². The fourth-order valence-corrected chi connectivity index (χ4v) is 2.57. The van der Waals surface area contributed by atoms with Gasteiger partial charge in [-0.3, -0.25) is 0 Å². The van der Waals surface area contributed by atoms with Gasteiger partial charge in [0.1, 0.15) is 0 Å². The van der Waals surface area contributed by atoms with Crippen LogP contribution in [-0.2, 0) is 15.6 Å². The Kier molecular flexibility index (Phi) is 2.15. The van der Waals surface area contributed by atoms with Crippen molar-refractivity contribution in [3.63, 3.8) is 0 Å². The first-order valence-electron chi connectivity index (χ1n) is 2.86. The molecule has 0 aromatic carbocycles. The van der Waals surface area contributed by atoms with Gasteiger partial charge in [-0.05, 0) is 11.5 Å². The first-order valence-corrected chi connectivity index (χ1v) is 5.69. The van der Waals surface area contributed by atoms with Gasteiger partial charge in [-0.2, -0.15) is 4.37 Å². The van der Waals surface area contributed by atoms with E-state index in [1.54, 1.807) is 0 Å². The summed E-state index contributed by atoms with van der Waals surface area (Å²) in [6.45, 7) is 0. The highest BCUT2D eigenvalue weighted by Gasteiger charge is 2.09. The highest BCUT2D eigenvalue weighted by molar-refractivity contribution is 7.90. The van der Waals surface area contributed by atoms with E-state index in [1.165, 1.54) is 12.5 Å². The molecule has 1 aromatic rings. The fraction of sp³-hybridized carbons (Fsp3) is 0.400. The van der Waals surface area contributed by atoms with Crippen LogP contribution in [-0.4, -0.2) is 19.0 Å². The number of aromatic nitrogens is 1. The van der Waals surface area contributed by atoms with Crippen LogP contribution < -0.4 is 5.73 Å². The Labute approximate surface area is 69.1 Å². The smallest absolute Gasteiger partial charge is 0.152 e. The molecule has 11 heavy (non-hydrogen) atoms. The van der Waals surface area contributed by atoms with Crippen molar-refractivity contribution in [2.45, 2.75) is 5.75 Å². The zero-order valence-corrected chi connectivity index (χ0v) is 7.58. The highest BCUT2D eigenvalue weighted by atomic mass is 32.2. The Morgan fingerprint density at radius 1 is 1.73 bits per heavy atom. The lowest BCUT2D eigenvalue weighted by Gasteiger charge is -1.93.